The van der Waals surface area contributed by atoms with Crippen molar-refractivity contribution in [1.82, 2.24) is 0 Å². The van der Waals surface area contributed by atoms with E-state index in [1.807, 2.05) is 0 Å². The van der Waals surface area contributed by atoms with Crippen molar-refractivity contribution in [3.63, 3.8) is 0 Å². The molecule has 2 heteroatoms. The van der Waals surface area contributed by atoms with Gasteiger partial charge in [0.25, 0.3) is 0 Å². The van der Waals surface area contributed by atoms with E-state index in [-0.39, 0.29) is 5.41 Å². The lowest BCUT2D eigenvalue weighted by atomic mass is 9.62. The van der Waals surface area contributed by atoms with Gasteiger partial charge in [0.1, 0.15) is 0 Å². The summed E-state index contributed by atoms with van der Waals surface area (Å²) in [6, 6.07) is 33.3. The molecule has 1 fully saturated rings. The molecule has 0 amide bonds. The molecule has 2 unspecified atom stereocenters. The molecule has 1 saturated carbocycles. The van der Waals surface area contributed by atoms with E-state index in [0.29, 0.717) is 11.8 Å². The Hall–Kier alpha value is -3.52. The highest BCUT2D eigenvalue weighted by Crippen LogP contribution is 2.49. The summed E-state index contributed by atoms with van der Waals surface area (Å²) in [5.41, 5.74) is 25.8. The van der Waals surface area contributed by atoms with Crippen LogP contribution in [0.2, 0.25) is 0 Å². The van der Waals surface area contributed by atoms with Crippen molar-refractivity contribution in [2.75, 3.05) is 11.5 Å². The Balaban J connectivity index is 1.43. The van der Waals surface area contributed by atoms with Crippen LogP contribution in [0, 0.1) is 19.8 Å². The minimum absolute atomic E-state index is 0.0492. The van der Waals surface area contributed by atoms with E-state index < -0.39 is 0 Å². The third-order valence-electron chi connectivity index (χ3n) is 14.4. The van der Waals surface area contributed by atoms with Gasteiger partial charge in [0.05, 0.1) is 0 Å². The van der Waals surface area contributed by atoms with Crippen molar-refractivity contribution < 1.29 is 0 Å². The molecule has 0 aromatic heterocycles. The topological polar surface area (TPSA) is 52.0 Å². The average Bonchev–Trinajstić information content (AvgIpc) is 3.24. The first-order chi connectivity index (χ1) is 28.8. The molecule has 1 aliphatic rings. The van der Waals surface area contributed by atoms with Gasteiger partial charge in [-0.05, 0) is 127 Å². The maximum absolute atomic E-state index is 6.27. The molecule has 4 N–H and O–H groups in total. The minimum atomic E-state index is 0.0492. The molecular weight excluding hydrogens is 713 g/mol. The second kappa shape index (κ2) is 24.7. The number of hydrogen-bond acceptors (Lipinski definition) is 2. The predicted molar refractivity (Wildman–Crippen MR) is 260 cm³/mol. The number of aryl methyl sites for hydroxylation is 2. The summed E-state index contributed by atoms with van der Waals surface area (Å²) in [6.45, 7) is 11.4. The van der Waals surface area contributed by atoms with Gasteiger partial charge in [0, 0.05) is 28.6 Å². The molecule has 1 aliphatic carbocycles. The lowest BCUT2D eigenvalue weighted by molar-refractivity contribution is 0.250. The Bertz CT molecular complexity index is 1640. The lowest BCUT2D eigenvalue weighted by Crippen LogP contribution is -2.33. The number of hydrogen-bond donors (Lipinski definition) is 2. The summed E-state index contributed by atoms with van der Waals surface area (Å²) in [7, 11) is 0. The van der Waals surface area contributed by atoms with E-state index in [1.165, 1.54) is 199 Å². The molecule has 0 aliphatic heterocycles. The average molecular weight is 797 g/mol. The molecule has 0 heterocycles. The van der Waals surface area contributed by atoms with Crippen molar-refractivity contribution in [3.8, 4) is 0 Å². The molecule has 2 atom stereocenters. The van der Waals surface area contributed by atoms with Crippen LogP contribution in [0.3, 0.4) is 0 Å². The highest BCUT2D eigenvalue weighted by atomic mass is 14.5. The van der Waals surface area contributed by atoms with Crippen molar-refractivity contribution in [1.29, 1.82) is 0 Å². The van der Waals surface area contributed by atoms with Crippen LogP contribution >= 0.6 is 0 Å². The molecule has 0 saturated heterocycles. The van der Waals surface area contributed by atoms with Crippen molar-refractivity contribution in [2.45, 2.75) is 206 Å². The lowest BCUT2D eigenvalue weighted by Gasteiger charge is -2.42. The number of nitrogen functional groups attached to an aromatic ring is 2. The van der Waals surface area contributed by atoms with Gasteiger partial charge in [-0.15, -0.1) is 0 Å². The van der Waals surface area contributed by atoms with Gasteiger partial charge >= 0.3 is 0 Å². The molecule has 59 heavy (non-hydrogen) atoms. The summed E-state index contributed by atoms with van der Waals surface area (Å²) >= 11 is 0. The fourth-order valence-electron chi connectivity index (χ4n) is 10.7. The summed E-state index contributed by atoms with van der Waals surface area (Å²) in [5.74, 6) is 1.65. The monoisotopic (exact) mass is 797 g/mol. The van der Waals surface area contributed by atoms with Crippen LogP contribution in [0.15, 0.2) is 84.9 Å². The Morgan fingerprint density at radius 2 is 0.847 bits per heavy atom. The smallest absolute Gasteiger partial charge is 0.0316 e. The summed E-state index contributed by atoms with van der Waals surface area (Å²) in [6.07, 6.45) is 31.7. The summed E-state index contributed by atoms with van der Waals surface area (Å²) in [4.78, 5) is 0. The van der Waals surface area contributed by atoms with Crippen LogP contribution in [-0.4, -0.2) is 0 Å². The van der Waals surface area contributed by atoms with E-state index in [9.17, 15) is 0 Å². The number of anilines is 2. The SMILES string of the molecule is CCCCCCCCC(c1ccc(C2(c3ccc(C(CCCCCCCC)c4ccc(N)cc4C)cc3)CCC(CCCCCCC)CC2)cc1)c1ccc(N)cc1C. The second-order valence-corrected chi connectivity index (χ2v) is 18.9. The van der Waals surface area contributed by atoms with E-state index in [0.717, 1.165) is 17.3 Å². The zero-order valence-corrected chi connectivity index (χ0v) is 38.4. The highest BCUT2D eigenvalue weighted by Gasteiger charge is 2.38. The molecule has 0 bridgehead atoms. The fraction of sp³-hybridized carbons (Fsp3) is 0.579. The van der Waals surface area contributed by atoms with Crippen molar-refractivity contribution in [2.24, 2.45) is 5.92 Å². The second-order valence-electron chi connectivity index (χ2n) is 18.9. The standard InChI is InChI=1S/C57H84N2/c1-6-9-12-15-18-21-24-55(53-36-34-51(58)42-44(53)4)47-26-30-49(31-27-47)57(40-38-46(39-41-57)23-20-17-14-11-8-3)50-32-28-48(29-33-50)56(25-22-19-16-13-10-7-2)54-37-35-52(59)43-45(54)5/h26-37,42-43,46,55-56H,6-25,38-41,58-59H2,1-5H3. The van der Waals surface area contributed by atoms with E-state index in [2.05, 4.69) is 120 Å². The quantitative estimate of drug-likeness (QED) is 0.0491. The first-order valence-electron chi connectivity index (χ1n) is 24.7. The largest absolute Gasteiger partial charge is 0.399 e. The molecule has 2 nitrogen and oxygen atoms in total. The van der Waals surface area contributed by atoms with Crippen LogP contribution in [0.1, 0.15) is 231 Å². The third-order valence-corrected chi connectivity index (χ3v) is 14.4. The molecule has 5 rings (SSSR count). The van der Waals surface area contributed by atoms with E-state index in [4.69, 9.17) is 11.5 Å². The molecule has 0 radical (unpaired) electrons. The van der Waals surface area contributed by atoms with Crippen molar-refractivity contribution in [3.05, 3.63) is 129 Å². The first kappa shape index (κ1) is 46.5. The normalized spacial score (nSPS) is 17.9. The first-order valence-corrected chi connectivity index (χ1v) is 24.7. The van der Waals surface area contributed by atoms with Crippen molar-refractivity contribution >= 4 is 11.4 Å². The van der Waals surface area contributed by atoms with Crippen LogP contribution in [0.25, 0.3) is 0 Å². The highest BCUT2D eigenvalue weighted by molar-refractivity contribution is 5.51. The number of nitrogens with two attached hydrogens (primary N) is 2. The number of benzene rings is 4. The van der Waals surface area contributed by atoms with Gasteiger partial charge in [-0.3, -0.25) is 0 Å². The molecule has 0 spiro atoms. The minimum Gasteiger partial charge on any atom is -0.399 e. The van der Waals surface area contributed by atoms with Crippen LogP contribution < -0.4 is 11.5 Å². The summed E-state index contributed by atoms with van der Waals surface area (Å²) < 4.78 is 0. The van der Waals surface area contributed by atoms with Gasteiger partial charge in [-0.1, -0.05) is 197 Å². The van der Waals surface area contributed by atoms with Gasteiger partial charge < -0.3 is 11.5 Å². The Morgan fingerprint density at radius 1 is 0.475 bits per heavy atom. The van der Waals surface area contributed by atoms with Crippen LogP contribution in [-0.2, 0) is 5.41 Å². The zero-order valence-electron chi connectivity index (χ0n) is 38.4. The van der Waals surface area contributed by atoms with Crippen LogP contribution in [0.4, 0.5) is 11.4 Å². The Morgan fingerprint density at radius 3 is 1.24 bits per heavy atom. The van der Waals surface area contributed by atoms with Gasteiger partial charge in [0.15, 0.2) is 0 Å². The Kier molecular flexibility index (Phi) is 19.5. The zero-order chi connectivity index (χ0) is 41.9. The third kappa shape index (κ3) is 13.5. The van der Waals surface area contributed by atoms with Crippen LogP contribution in [0.5, 0.6) is 0 Å². The Labute approximate surface area is 362 Å². The molecule has 4 aromatic rings. The maximum Gasteiger partial charge on any atom is 0.0316 e. The summed E-state index contributed by atoms with van der Waals surface area (Å²) in [5, 5.41) is 0. The van der Waals surface area contributed by atoms with Gasteiger partial charge in [-0.25, -0.2) is 0 Å². The number of rotatable bonds is 26. The van der Waals surface area contributed by atoms with Gasteiger partial charge in [-0.2, -0.15) is 0 Å². The van der Waals surface area contributed by atoms with Gasteiger partial charge in [0.2, 0.25) is 0 Å². The molecular formula is C57H84N2. The molecule has 322 valence electrons. The molecule has 4 aromatic carbocycles. The maximum atomic E-state index is 6.27. The van der Waals surface area contributed by atoms with E-state index in [1.54, 1.807) is 0 Å². The predicted octanol–water partition coefficient (Wildman–Crippen LogP) is 17.1. The van der Waals surface area contributed by atoms with E-state index >= 15 is 0 Å². The fourth-order valence-corrected chi connectivity index (χ4v) is 10.7. The number of unbranched alkanes of at least 4 members (excludes halogenated alkanes) is 14.